The number of hydrogen-bond donors (Lipinski definition) is 0. The van der Waals surface area contributed by atoms with Crippen LogP contribution in [0.25, 0.3) is 0 Å². The van der Waals surface area contributed by atoms with Crippen LogP contribution in [0.4, 0.5) is 0 Å². The summed E-state index contributed by atoms with van der Waals surface area (Å²) in [5.41, 5.74) is 0. The van der Waals surface area contributed by atoms with E-state index in [-0.39, 0.29) is 5.48 Å². The molecule has 0 atom stereocenters. The minimum atomic E-state index is -3.22. The van der Waals surface area contributed by atoms with E-state index in [1.807, 2.05) is 0 Å². The minimum Gasteiger partial charge on any atom is -0.412 e. The molecule has 0 amide bonds. The van der Waals surface area contributed by atoms with E-state index >= 15 is 0 Å². The van der Waals surface area contributed by atoms with Crippen molar-refractivity contribution in [2.75, 3.05) is 0 Å². The quantitative estimate of drug-likeness (QED) is 0.514. The highest BCUT2D eigenvalue weighted by Gasteiger charge is 2.02. The fraction of sp³-hybridized carbons (Fsp3) is 0. The normalized spacial score (nSPS) is 9.83. The van der Waals surface area contributed by atoms with Crippen molar-refractivity contribution in [1.82, 2.24) is 0 Å². The van der Waals surface area contributed by atoms with Crippen LogP contribution < -0.4 is 0 Å². The van der Waals surface area contributed by atoms with Gasteiger partial charge in [-0.3, -0.25) is 4.57 Å². The standard InChI is InChI=1S/Cl3OP.H2O/c1-5(2,3)4;/h;1H2. The van der Waals surface area contributed by atoms with Crippen molar-refractivity contribution in [3.8, 4) is 0 Å². The third kappa shape index (κ3) is 74.2. The highest BCUT2D eigenvalue weighted by atomic mass is 36.0. The van der Waals surface area contributed by atoms with Gasteiger partial charge in [-0.2, -0.15) is 0 Å². The first-order chi connectivity index (χ1) is 2.00. The van der Waals surface area contributed by atoms with E-state index in [1.54, 1.807) is 0 Å². The zero-order valence-electron chi connectivity index (χ0n) is 2.49. The van der Waals surface area contributed by atoms with Gasteiger partial charge in [-0.25, -0.2) is 0 Å². The zero-order valence-corrected chi connectivity index (χ0v) is 5.65. The van der Waals surface area contributed by atoms with Crippen molar-refractivity contribution < 1.29 is 10.0 Å². The number of halogens is 3. The predicted molar refractivity (Wildman–Crippen MR) is 28.8 cm³/mol. The Morgan fingerprint density at radius 2 is 1.17 bits per heavy atom. The van der Waals surface area contributed by atoms with Crippen molar-refractivity contribution in [3.63, 3.8) is 0 Å². The van der Waals surface area contributed by atoms with Gasteiger partial charge in [-0.1, -0.05) is 0 Å². The van der Waals surface area contributed by atoms with Gasteiger partial charge in [-0.05, 0) is 33.7 Å². The number of rotatable bonds is 0. The summed E-state index contributed by atoms with van der Waals surface area (Å²) in [6, 6.07) is 0. The summed E-state index contributed by atoms with van der Waals surface area (Å²) in [4.78, 5) is 0. The molecule has 0 rings (SSSR count). The van der Waals surface area contributed by atoms with Crippen LogP contribution >= 0.6 is 38.9 Å². The van der Waals surface area contributed by atoms with E-state index in [4.69, 9.17) is 0 Å². The lowest BCUT2D eigenvalue weighted by Crippen LogP contribution is -1.19. The molecular formula is H2Cl3O2P. The molecule has 0 heterocycles. The van der Waals surface area contributed by atoms with E-state index in [1.165, 1.54) is 0 Å². The predicted octanol–water partition coefficient (Wildman–Crippen LogP) is 1.99. The van der Waals surface area contributed by atoms with Gasteiger partial charge in [0.25, 0.3) is 0 Å². The number of hydrogen-bond acceptors (Lipinski definition) is 1. The molecular weight excluding hydrogens is 169 g/mol. The second-order valence-electron chi connectivity index (χ2n) is 0.399. The average molecular weight is 171 g/mol. The Morgan fingerprint density at radius 1 is 1.17 bits per heavy atom. The zero-order chi connectivity index (χ0) is 4.50. The van der Waals surface area contributed by atoms with Crippen molar-refractivity contribution in [1.29, 1.82) is 0 Å². The third-order valence-corrected chi connectivity index (χ3v) is 0. The molecule has 6 heavy (non-hydrogen) atoms. The lowest BCUT2D eigenvalue weighted by molar-refractivity contribution is 0.600. The maximum Gasteiger partial charge on any atom is 0.339 e. The van der Waals surface area contributed by atoms with E-state index in [2.05, 4.69) is 33.7 Å². The summed E-state index contributed by atoms with van der Waals surface area (Å²) in [5.74, 6) is 0. The van der Waals surface area contributed by atoms with Crippen LogP contribution in [0.2, 0.25) is 0 Å². The molecule has 0 radical (unpaired) electrons. The largest absolute Gasteiger partial charge is 0.412 e. The van der Waals surface area contributed by atoms with Gasteiger partial charge in [0, 0.05) is 0 Å². The van der Waals surface area contributed by atoms with Crippen molar-refractivity contribution in [2.45, 2.75) is 0 Å². The van der Waals surface area contributed by atoms with Crippen molar-refractivity contribution in [2.24, 2.45) is 0 Å². The molecule has 40 valence electrons. The van der Waals surface area contributed by atoms with Crippen LogP contribution in [0.5, 0.6) is 0 Å². The van der Waals surface area contributed by atoms with Crippen LogP contribution in [0.1, 0.15) is 0 Å². The van der Waals surface area contributed by atoms with Crippen LogP contribution in [0.3, 0.4) is 0 Å². The topological polar surface area (TPSA) is 48.6 Å². The Hall–Kier alpha value is 1.06. The first kappa shape index (κ1) is 10.1. The monoisotopic (exact) mass is 170 g/mol. The minimum absolute atomic E-state index is 0. The molecule has 0 spiro atoms. The van der Waals surface area contributed by atoms with Gasteiger partial charge in [0.1, 0.15) is 0 Å². The third-order valence-electron chi connectivity index (χ3n) is 0. The molecule has 0 aromatic heterocycles. The summed E-state index contributed by atoms with van der Waals surface area (Å²) >= 11 is 13.8. The Kier molecular flexibility index (Phi) is 5.25. The molecule has 0 unspecified atom stereocenters. The highest BCUT2D eigenvalue weighted by molar-refractivity contribution is 8.24. The second kappa shape index (κ2) is 3.11. The smallest absolute Gasteiger partial charge is 0.339 e. The van der Waals surface area contributed by atoms with Crippen LogP contribution in [-0.2, 0) is 4.57 Å². The van der Waals surface area contributed by atoms with Crippen LogP contribution in [0.15, 0.2) is 0 Å². The molecule has 2 nitrogen and oxygen atoms in total. The second-order valence-corrected chi connectivity index (χ2v) is 7.04. The van der Waals surface area contributed by atoms with Gasteiger partial charge in [0.15, 0.2) is 0 Å². The molecule has 0 aromatic rings. The highest BCUT2D eigenvalue weighted by Crippen LogP contribution is 2.61. The van der Waals surface area contributed by atoms with Crippen molar-refractivity contribution >= 4 is 38.9 Å². The van der Waals surface area contributed by atoms with Crippen molar-refractivity contribution in [3.05, 3.63) is 0 Å². The molecule has 0 aliphatic carbocycles. The van der Waals surface area contributed by atoms with E-state index in [0.29, 0.717) is 0 Å². The lowest BCUT2D eigenvalue weighted by atomic mass is 16.0. The average Bonchev–Trinajstić information content (AvgIpc) is 0.722. The Bertz CT molecular complexity index is 54.9. The Morgan fingerprint density at radius 3 is 1.17 bits per heavy atom. The fourth-order valence-electron chi connectivity index (χ4n) is 0. The Labute approximate surface area is 49.4 Å². The molecule has 0 aliphatic rings. The molecule has 0 saturated heterocycles. The SMILES string of the molecule is O.O=P(Cl)(Cl)Cl. The first-order valence-corrected chi connectivity index (χ1v) is 5.11. The van der Waals surface area contributed by atoms with E-state index in [0.717, 1.165) is 0 Å². The van der Waals surface area contributed by atoms with Gasteiger partial charge in [0.05, 0.1) is 0 Å². The molecule has 0 aromatic carbocycles. The molecule has 0 bridgehead atoms. The lowest BCUT2D eigenvalue weighted by Gasteiger charge is -1.74. The summed E-state index contributed by atoms with van der Waals surface area (Å²) in [5, 5.41) is -3.22. The molecule has 0 saturated carbocycles. The Balaban J connectivity index is 0. The molecule has 6 heteroatoms. The van der Waals surface area contributed by atoms with Gasteiger partial charge >= 0.3 is 5.20 Å². The molecule has 0 fully saturated rings. The summed E-state index contributed by atoms with van der Waals surface area (Å²) in [7, 11) is 0. The van der Waals surface area contributed by atoms with Gasteiger partial charge in [-0.15, -0.1) is 0 Å². The fourth-order valence-corrected chi connectivity index (χ4v) is 0. The van der Waals surface area contributed by atoms with Gasteiger partial charge < -0.3 is 5.48 Å². The molecule has 2 N–H and O–H groups in total. The van der Waals surface area contributed by atoms with E-state index in [9.17, 15) is 4.57 Å². The molecule has 0 aliphatic heterocycles. The van der Waals surface area contributed by atoms with Crippen LogP contribution in [0, 0.1) is 0 Å². The summed E-state index contributed by atoms with van der Waals surface area (Å²) in [6.07, 6.45) is 0. The van der Waals surface area contributed by atoms with Gasteiger partial charge in [0.2, 0.25) is 0 Å². The van der Waals surface area contributed by atoms with Crippen LogP contribution in [-0.4, -0.2) is 5.48 Å². The maximum absolute atomic E-state index is 9.51. The summed E-state index contributed by atoms with van der Waals surface area (Å²) < 4.78 is 9.51. The van der Waals surface area contributed by atoms with E-state index < -0.39 is 5.20 Å². The first-order valence-electron chi connectivity index (χ1n) is 0.690. The summed E-state index contributed by atoms with van der Waals surface area (Å²) in [6.45, 7) is 0. The maximum atomic E-state index is 9.51.